The molecule has 0 saturated heterocycles. The fourth-order valence-electron chi connectivity index (χ4n) is 3.09. The molecule has 26 heavy (non-hydrogen) atoms. The van der Waals surface area contributed by atoms with E-state index >= 15 is 0 Å². The van der Waals surface area contributed by atoms with Crippen molar-refractivity contribution < 1.29 is 5.11 Å². The molecular formula is C20H19BrN4O. The Morgan fingerprint density at radius 3 is 2.73 bits per heavy atom. The van der Waals surface area contributed by atoms with Gasteiger partial charge in [-0.3, -0.25) is 0 Å². The van der Waals surface area contributed by atoms with Gasteiger partial charge in [0.2, 0.25) is 5.95 Å². The molecule has 1 aliphatic heterocycles. The molecule has 0 bridgehead atoms. The smallest absolute Gasteiger partial charge is 0.226 e. The minimum atomic E-state index is -0.0469. The molecule has 2 heterocycles. The molecular weight excluding hydrogens is 392 g/mol. The minimum absolute atomic E-state index is 0.0469. The minimum Gasteiger partial charge on any atom is -0.396 e. The largest absolute Gasteiger partial charge is 0.396 e. The van der Waals surface area contributed by atoms with Crippen molar-refractivity contribution >= 4 is 27.6 Å². The van der Waals surface area contributed by atoms with Gasteiger partial charge in [0.05, 0.1) is 0 Å². The lowest BCUT2D eigenvalue weighted by molar-refractivity contribution is 0.287. The van der Waals surface area contributed by atoms with E-state index in [4.69, 9.17) is 5.11 Å². The van der Waals surface area contributed by atoms with Crippen molar-refractivity contribution in [1.82, 2.24) is 14.8 Å². The predicted octanol–water partition coefficient (Wildman–Crippen LogP) is 4.02. The van der Waals surface area contributed by atoms with Gasteiger partial charge in [0, 0.05) is 23.2 Å². The number of allylic oxidation sites excluding steroid dienone is 1. The molecule has 0 radical (unpaired) electrons. The summed E-state index contributed by atoms with van der Waals surface area (Å²) in [5, 5.41) is 17.2. The average molecular weight is 411 g/mol. The van der Waals surface area contributed by atoms with Gasteiger partial charge in [-0.1, -0.05) is 58.4 Å². The summed E-state index contributed by atoms with van der Waals surface area (Å²) in [6.45, 7) is 0.139. The fraction of sp³-hybridized carbons (Fsp3) is 0.200. The molecule has 0 unspecified atom stereocenters. The number of aliphatic hydroxyl groups is 1. The Hall–Kier alpha value is -2.44. The number of aliphatic hydroxyl groups excluding tert-OH is 1. The second kappa shape index (κ2) is 7.43. The molecule has 132 valence electrons. The van der Waals surface area contributed by atoms with Crippen LogP contribution in [0.3, 0.4) is 0 Å². The van der Waals surface area contributed by atoms with E-state index in [1.807, 2.05) is 35.0 Å². The molecule has 0 aliphatic carbocycles. The molecule has 0 fully saturated rings. The Bertz CT molecular complexity index is 936. The molecule has 1 aliphatic rings. The van der Waals surface area contributed by atoms with Gasteiger partial charge in [-0.2, -0.15) is 10.1 Å². The highest BCUT2D eigenvalue weighted by Crippen LogP contribution is 2.33. The van der Waals surface area contributed by atoms with Gasteiger partial charge in [0.15, 0.2) is 5.82 Å². The van der Waals surface area contributed by atoms with Gasteiger partial charge in [0.25, 0.3) is 0 Å². The molecule has 3 aromatic rings. The average Bonchev–Trinajstić information content (AvgIpc) is 3.09. The molecule has 6 heteroatoms. The van der Waals surface area contributed by atoms with E-state index in [2.05, 4.69) is 61.7 Å². The van der Waals surface area contributed by atoms with Crippen LogP contribution in [0.1, 0.15) is 29.4 Å². The van der Waals surface area contributed by atoms with Crippen LogP contribution in [-0.2, 0) is 6.42 Å². The van der Waals surface area contributed by atoms with E-state index in [1.165, 1.54) is 0 Å². The number of anilines is 1. The first-order chi connectivity index (χ1) is 12.7. The van der Waals surface area contributed by atoms with Gasteiger partial charge in [-0.25, -0.2) is 4.68 Å². The number of hydrogen-bond donors (Lipinski definition) is 2. The summed E-state index contributed by atoms with van der Waals surface area (Å²) in [5.74, 6) is 1.47. The maximum absolute atomic E-state index is 9.09. The van der Waals surface area contributed by atoms with Crippen LogP contribution >= 0.6 is 15.9 Å². The Labute approximate surface area is 160 Å². The summed E-state index contributed by atoms with van der Waals surface area (Å²) in [5.41, 5.74) is 3.26. The van der Waals surface area contributed by atoms with Crippen molar-refractivity contribution in [2.45, 2.75) is 18.9 Å². The Balaban J connectivity index is 1.78. The third-order valence-electron chi connectivity index (χ3n) is 4.34. The van der Waals surface area contributed by atoms with E-state index < -0.39 is 0 Å². The van der Waals surface area contributed by atoms with Gasteiger partial charge in [-0.15, -0.1) is 0 Å². The molecule has 0 amide bonds. The zero-order chi connectivity index (χ0) is 17.9. The SMILES string of the molecule is OCCCc1nc2n(n1)[C@@H](c1cccc(Br)c1)C=C(c1ccccc1)N2. The van der Waals surface area contributed by atoms with Gasteiger partial charge in [-0.05, 0) is 35.8 Å². The van der Waals surface area contributed by atoms with Crippen molar-refractivity contribution in [1.29, 1.82) is 0 Å². The second-order valence-electron chi connectivity index (χ2n) is 6.19. The van der Waals surface area contributed by atoms with Crippen LogP contribution in [0, 0.1) is 0 Å². The molecule has 2 N–H and O–H groups in total. The Kier molecular flexibility index (Phi) is 4.86. The van der Waals surface area contributed by atoms with E-state index in [-0.39, 0.29) is 12.6 Å². The Morgan fingerprint density at radius 1 is 1.12 bits per heavy atom. The monoisotopic (exact) mass is 410 g/mol. The lowest BCUT2D eigenvalue weighted by Crippen LogP contribution is -2.20. The van der Waals surface area contributed by atoms with Gasteiger partial charge >= 0.3 is 0 Å². The zero-order valence-electron chi connectivity index (χ0n) is 14.1. The summed E-state index contributed by atoms with van der Waals surface area (Å²) >= 11 is 3.56. The van der Waals surface area contributed by atoms with E-state index in [9.17, 15) is 0 Å². The lowest BCUT2D eigenvalue weighted by atomic mass is 10.0. The summed E-state index contributed by atoms with van der Waals surface area (Å²) < 4.78 is 2.95. The standard InChI is InChI=1S/C20H19BrN4O/c21-16-9-4-8-15(12-16)18-13-17(14-6-2-1-3-7-14)22-20-23-19(10-5-11-26)24-25(18)20/h1-4,6-9,12-13,18,26H,5,10-11H2,(H,22,23,24)/t18-/m1/s1. The number of hydrogen-bond acceptors (Lipinski definition) is 4. The summed E-state index contributed by atoms with van der Waals surface area (Å²) in [6, 6.07) is 18.4. The van der Waals surface area contributed by atoms with Crippen molar-refractivity contribution in [2.75, 3.05) is 11.9 Å². The zero-order valence-corrected chi connectivity index (χ0v) is 15.7. The number of nitrogens with one attached hydrogen (secondary N) is 1. The summed E-state index contributed by atoms with van der Waals surface area (Å²) in [4.78, 5) is 4.64. The second-order valence-corrected chi connectivity index (χ2v) is 7.11. The maximum Gasteiger partial charge on any atom is 0.226 e. The van der Waals surface area contributed by atoms with Crippen LogP contribution in [0.15, 0.2) is 65.1 Å². The number of fused-ring (bicyclic) bond motifs is 1. The van der Waals surface area contributed by atoms with E-state index in [0.29, 0.717) is 12.8 Å². The number of benzene rings is 2. The van der Waals surface area contributed by atoms with Crippen molar-refractivity contribution in [3.05, 3.63) is 82.1 Å². The van der Waals surface area contributed by atoms with Crippen molar-refractivity contribution in [3.63, 3.8) is 0 Å². The molecule has 1 atom stereocenters. The van der Waals surface area contributed by atoms with Crippen LogP contribution in [-0.4, -0.2) is 26.5 Å². The number of aromatic nitrogens is 3. The molecule has 4 rings (SSSR count). The van der Waals surface area contributed by atoms with Crippen LogP contribution in [0.5, 0.6) is 0 Å². The molecule has 1 aromatic heterocycles. The first-order valence-electron chi connectivity index (χ1n) is 8.60. The van der Waals surface area contributed by atoms with Crippen molar-refractivity contribution in [3.8, 4) is 0 Å². The summed E-state index contributed by atoms with van der Waals surface area (Å²) in [7, 11) is 0. The highest BCUT2D eigenvalue weighted by Gasteiger charge is 2.25. The quantitative estimate of drug-likeness (QED) is 0.666. The molecule has 5 nitrogen and oxygen atoms in total. The van der Waals surface area contributed by atoms with Gasteiger partial charge < -0.3 is 10.4 Å². The number of rotatable bonds is 5. The third kappa shape index (κ3) is 3.43. The van der Waals surface area contributed by atoms with E-state index in [0.717, 1.165) is 33.1 Å². The number of aryl methyl sites for hydroxylation is 1. The highest BCUT2D eigenvalue weighted by atomic mass is 79.9. The van der Waals surface area contributed by atoms with Crippen molar-refractivity contribution in [2.24, 2.45) is 0 Å². The maximum atomic E-state index is 9.09. The van der Waals surface area contributed by atoms with Crippen LogP contribution in [0.2, 0.25) is 0 Å². The van der Waals surface area contributed by atoms with Crippen LogP contribution in [0.25, 0.3) is 5.70 Å². The summed E-state index contributed by atoms with van der Waals surface area (Å²) in [6.07, 6.45) is 3.49. The Morgan fingerprint density at radius 2 is 1.96 bits per heavy atom. The molecule has 0 spiro atoms. The van der Waals surface area contributed by atoms with E-state index in [1.54, 1.807) is 0 Å². The lowest BCUT2D eigenvalue weighted by Gasteiger charge is -2.24. The van der Waals surface area contributed by atoms with Crippen LogP contribution < -0.4 is 5.32 Å². The normalized spacial score (nSPS) is 15.9. The van der Waals surface area contributed by atoms with Crippen LogP contribution in [0.4, 0.5) is 5.95 Å². The first kappa shape index (κ1) is 17.0. The fourth-order valence-corrected chi connectivity index (χ4v) is 3.51. The number of halogens is 1. The van der Waals surface area contributed by atoms with Gasteiger partial charge in [0.1, 0.15) is 6.04 Å². The molecule has 2 aromatic carbocycles. The third-order valence-corrected chi connectivity index (χ3v) is 4.84. The topological polar surface area (TPSA) is 63.0 Å². The number of nitrogens with zero attached hydrogens (tertiary/aromatic N) is 3. The first-order valence-corrected chi connectivity index (χ1v) is 9.40. The molecule has 0 saturated carbocycles. The predicted molar refractivity (Wildman–Crippen MR) is 106 cm³/mol. The highest BCUT2D eigenvalue weighted by molar-refractivity contribution is 9.10.